The van der Waals surface area contributed by atoms with Crippen LogP contribution in [0.3, 0.4) is 0 Å². The summed E-state index contributed by atoms with van der Waals surface area (Å²) in [5, 5.41) is 8.85. The third-order valence-corrected chi connectivity index (χ3v) is 2.60. The highest BCUT2D eigenvalue weighted by Gasteiger charge is 2.40. The van der Waals surface area contributed by atoms with Gasteiger partial charge in [-0.25, -0.2) is 14.4 Å². The number of imide groups is 1. The molecule has 0 saturated heterocycles. The van der Waals surface area contributed by atoms with Crippen molar-refractivity contribution in [2.75, 3.05) is 7.11 Å². The van der Waals surface area contributed by atoms with Crippen LogP contribution in [0.1, 0.15) is 54.4 Å². The van der Waals surface area contributed by atoms with Gasteiger partial charge in [-0.3, -0.25) is 4.79 Å². The number of hydrogen-bond donors (Lipinski definition) is 1. The second-order valence-electron chi connectivity index (χ2n) is 7.30. The third kappa shape index (κ3) is 8.92. The zero-order chi connectivity index (χ0) is 20.0. The number of carbonyl (C=O) groups is 4. The molecule has 0 aliphatic heterocycles. The summed E-state index contributed by atoms with van der Waals surface area (Å²) in [6.07, 6.45) is -3.03. The smallest absolute Gasteiger partial charge is 0.420 e. The number of amides is 2. The number of methoxy groups -OCH3 is 1. The Balaban J connectivity index is 5.75. The fourth-order valence-electron chi connectivity index (χ4n) is 1.70. The van der Waals surface area contributed by atoms with E-state index in [0.29, 0.717) is 4.90 Å². The lowest BCUT2D eigenvalue weighted by Gasteiger charge is -2.32. The number of carboxylic acid groups (broad SMARTS) is 1. The van der Waals surface area contributed by atoms with Crippen molar-refractivity contribution in [3.8, 4) is 0 Å². The van der Waals surface area contributed by atoms with Gasteiger partial charge in [0.25, 0.3) is 0 Å². The van der Waals surface area contributed by atoms with E-state index in [2.05, 4.69) is 4.74 Å². The van der Waals surface area contributed by atoms with Crippen LogP contribution in [0.4, 0.5) is 9.59 Å². The normalized spacial score (nSPS) is 12.8. The van der Waals surface area contributed by atoms with Gasteiger partial charge in [-0.1, -0.05) is 0 Å². The Bertz CT molecular complexity index is 487. The molecule has 0 radical (unpaired) electrons. The molecule has 0 aliphatic carbocycles. The maximum atomic E-state index is 12.4. The van der Waals surface area contributed by atoms with Gasteiger partial charge in [0.1, 0.15) is 17.2 Å². The van der Waals surface area contributed by atoms with E-state index in [1.807, 2.05) is 0 Å². The van der Waals surface area contributed by atoms with Crippen molar-refractivity contribution >= 4 is 24.1 Å². The van der Waals surface area contributed by atoms with Crippen LogP contribution in [0.5, 0.6) is 0 Å². The first-order valence-electron chi connectivity index (χ1n) is 7.72. The van der Waals surface area contributed by atoms with E-state index in [1.54, 1.807) is 41.5 Å². The summed E-state index contributed by atoms with van der Waals surface area (Å²) in [4.78, 5) is 48.2. The average Bonchev–Trinajstić information content (AvgIpc) is 2.37. The van der Waals surface area contributed by atoms with E-state index >= 15 is 0 Å². The summed E-state index contributed by atoms with van der Waals surface area (Å²) >= 11 is 0. The molecular formula is C16H27NO8. The van der Waals surface area contributed by atoms with Crippen molar-refractivity contribution < 1.29 is 38.5 Å². The predicted molar refractivity (Wildman–Crippen MR) is 87.0 cm³/mol. The molecule has 0 aromatic heterocycles. The van der Waals surface area contributed by atoms with Crippen molar-refractivity contribution in [2.24, 2.45) is 0 Å². The number of esters is 1. The molecule has 0 spiro atoms. The summed E-state index contributed by atoms with van der Waals surface area (Å²) in [7, 11) is 1.07. The maximum Gasteiger partial charge on any atom is 0.420 e. The van der Waals surface area contributed by atoms with E-state index in [1.165, 1.54) is 0 Å². The minimum Gasteiger partial charge on any atom is -0.481 e. The molecule has 0 bridgehead atoms. The molecule has 9 nitrogen and oxygen atoms in total. The van der Waals surface area contributed by atoms with Crippen LogP contribution in [0.2, 0.25) is 0 Å². The molecule has 2 amide bonds. The summed E-state index contributed by atoms with van der Waals surface area (Å²) < 4.78 is 14.9. The van der Waals surface area contributed by atoms with Gasteiger partial charge in [-0.15, -0.1) is 0 Å². The number of hydrogen-bond acceptors (Lipinski definition) is 7. The first-order valence-corrected chi connectivity index (χ1v) is 7.72. The Morgan fingerprint density at radius 1 is 0.920 bits per heavy atom. The van der Waals surface area contributed by atoms with Crippen molar-refractivity contribution in [3.63, 3.8) is 0 Å². The van der Waals surface area contributed by atoms with Crippen molar-refractivity contribution in [1.82, 2.24) is 4.90 Å². The summed E-state index contributed by atoms with van der Waals surface area (Å²) in [6, 6.07) is -1.48. The molecule has 0 aliphatic rings. The van der Waals surface area contributed by atoms with Gasteiger partial charge in [0, 0.05) is 6.42 Å². The van der Waals surface area contributed by atoms with Gasteiger partial charge in [-0.05, 0) is 48.0 Å². The molecule has 1 atom stereocenters. The largest absolute Gasteiger partial charge is 0.481 e. The minimum atomic E-state index is -1.48. The fourth-order valence-corrected chi connectivity index (χ4v) is 1.70. The fraction of sp³-hybridized carbons (Fsp3) is 0.750. The Labute approximate surface area is 147 Å². The number of rotatable bonds is 5. The molecule has 0 aromatic carbocycles. The van der Waals surface area contributed by atoms with Gasteiger partial charge in [0.15, 0.2) is 0 Å². The third-order valence-electron chi connectivity index (χ3n) is 2.60. The van der Waals surface area contributed by atoms with Crippen LogP contribution < -0.4 is 0 Å². The highest BCUT2D eigenvalue weighted by Crippen LogP contribution is 2.19. The molecule has 0 aromatic rings. The second-order valence-corrected chi connectivity index (χ2v) is 7.30. The van der Waals surface area contributed by atoms with E-state index in [4.69, 9.17) is 14.6 Å². The average molecular weight is 361 g/mol. The molecule has 9 heteroatoms. The molecule has 0 fully saturated rings. The number of carboxylic acids is 1. The molecule has 0 saturated carbocycles. The summed E-state index contributed by atoms with van der Waals surface area (Å²) in [6.45, 7) is 9.52. The van der Waals surface area contributed by atoms with E-state index in [0.717, 1.165) is 7.11 Å². The SMILES string of the molecule is COC(=O)[C@H](CCC(=O)O)N(C(=O)OC(C)(C)C)C(=O)OC(C)(C)C. The van der Waals surface area contributed by atoms with E-state index < -0.39 is 47.8 Å². The van der Waals surface area contributed by atoms with Crippen LogP contribution in [0, 0.1) is 0 Å². The topological polar surface area (TPSA) is 119 Å². The Kier molecular flexibility index (Phi) is 7.88. The molecule has 0 unspecified atom stereocenters. The Morgan fingerprint density at radius 2 is 1.32 bits per heavy atom. The summed E-state index contributed by atoms with van der Waals surface area (Å²) in [5.74, 6) is -2.14. The van der Waals surface area contributed by atoms with Crippen LogP contribution in [-0.4, -0.2) is 58.5 Å². The monoisotopic (exact) mass is 361 g/mol. The first-order chi connectivity index (χ1) is 11.2. The zero-order valence-electron chi connectivity index (χ0n) is 15.7. The Hall–Kier alpha value is -2.32. The molecule has 1 N–H and O–H groups in total. The van der Waals surface area contributed by atoms with Gasteiger partial charge in [0.2, 0.25) is 0 Å². The summed E-state index contributed by atoms with van der Waals surface area (Å²) in [5.41, 5.74) is -1.88. The van der Waals surface area contributed by atoms with Gasteiger partial charge < -0.3 is 19.3 Å². The lowest BCUT2D eigenvalue weighted by molar-refractivity contribution is -0.147. The predicted octanol–water partition coefficient (Wildman–Crippen LogP) is 2.57. The molecule has 25 heavy (non-hydrogen) atoms. The number of aliphatic carboxylic acids is 1. The number of nitrogens with zero attached hydrogens (tertiary/aromatic N) is 1. The lowest BCUT2D eigenvalue weighted by atomic mass is 10.1. The molecule has 0 heterocycles. The molecule has 0 rings (SSSR count). The van der Waals surface area contributed by atoms with Crippen LogP contribution in [-0.2, 0) is 23.8 Å². The first kappa shape index (κ1) is 22.7. The van der Waals surface area contributed by atoms with Gasteiger partial charge in [0.05, 0.1) is 7.11 Å². The van der Waals surface area contributed by atoms with Crippen LogP contribution in [0.25, 0.3) is 0 Å². The second kappa shape index (κ2) is 8.68. The highest BCUT2D eigenvalue weighted by molar-refractivity contribution is 5.94. The number of carbonyl (C=O) groups excluding carboxylic acids is 3. The standard InChI is InChI=1S/C16H27NO8/c1-15(2,3)24-13(21)17(14(22)25-16(4,5)6)10(12(20)23-7)8-9-11(18)19/h10H,8-9H2,1-7H3,(H,18,19)/t10-/m0/s1. The van der Waals surface area contributed by atoms with Crippen LogP contribution >= 0.6 is 0 Å². The van der Waals surface area contributed by atoms with Gasteiger partial charge in [-0.2, -0.15) is 4.90 Å². The minimum absolute atomic E-state index is 0.333. The van der Waals surface area contributed by atoms with Crippen molar-refractivity contribution in [2.45, 2.75) is 71.6 Å². The van der Waals surface area contributed by atoms with Crippen molar-refractivity contribution in [3.05, 3.63) is 0 Å². The maximum absolute atomic E-state index is 12.4. The molecule has 144 valence electrons. The Morgan fingerprint density at radius 3 is 1.60 bits per heavy atom. The number of ether oxygens (including phenoxy) is 3. The lowest BCUT2D eigenvalue weighted by Crippen LogP contribution is -2.52. The van der Waals surface area contributed by atoms with E-state index in [-0.39, 0.29) is 6.42 Å². The van der Waals surface area contributed by atoms with E-state index in [9.17, 15) is 19.2 Å². The quantitative estimate of drug-likeness (QED) is 0.586. The zero-order valence-corrected chi connectivity index (χ0v) is 15.7. The van der Waals surface area contributed by atoms with Crippen molar-refractivity contribution in [1.29, 1.82) is 0 Å². The van der Waals surface area contributed by atoms with Gasteiger partial charge >= 0.3 is 24.1 Å². The molecular weight excluding hydrogens is 334 g/mol. The van der Waals surface area contributed by atoms with Crippen LogP contribution in [0.15, 0.2) is 0 Å². The highest BCUT2D eigenvalue weighted by atomic mass is 16.6.